The Morgan fingerprint density at radius 3 is 3.00 bits per heavy atom. The van der Waals surface area contributed by atoms with Crippen molar-refractivity contribution in [1.82, 2.24) is 10.1 Å². The smallest absolute Gasteiger partial charge is 0.245 e. The minimum Gasteiger partial charge on any atom is -0.394 e. The van der Waals surface area contributed by atoms with Crippen molar-refractivity contribution in [2.24, 2.45) is 5.73 Å². The molecule has 0 aliphatic rings. The Hall–Kier alpha value is -1.43. The van der Waals surface area contributed by atoms with Crippen molar-refractivity contribution >= 4 is 11.6 Å². The van der Waals surface area contributed by atoms with Crippen LogP contribution in [0.4, 0.5) is 0 Å². The van der Waals surface area contributed by atoms with Gasteiger partial charge in [0.05, 0.1) is 6.61 Å². The van der Waals surface area contributed by atoms with Gasteiger partial charge in [0.15, 0.2) is 5.82 Å². The molecule has 1 aromatic heterocycles. The number of hydrogen-bond acceptors (Lipinski definition) is 5. The Balaban J connectivity index is 2.11. The predicted molar refractivity (Wildman–Crippen MR) is 62.6 cm³/mol. The van der Waals surface area contributed by atoms with Crippen molar-refractivity contribution in [3.05, 3.63) is 46.6 Å². The first-order valence-corrected chi connectivity index (χ1v) is 5.50. The lowest BCUT2D eigenvalue weighted by Gasteiger charge is -1.99. The van der Waals surface area contributed by atoms with Crippen LogP contribution in [-0.4, -0.2) is 21.9 Å². The van der Waals surface area contributed by atoms with E-state index in [9.17, 15) is 0 Å². The van der Waals surface area contributed by atoms with E-state index in [0.717, 1.165) is 5.56 Å². The molecule has 0 fully saturated rings. The van der Waals surface area contributed by atoms with Gasteiger partial charge in [-0.15, -0.1) is 0 Å². The van der Waals surface area contributed by atoms with E-state index in [-0.39, 0.29) is 12.5 Å². The van der Waals surface area contributed by atoms with Crippen molar-refractivity contribution in [2.75, 3.05) is 6.61 Å². The van der Waals surface area contributed by atoms with Crippen LogP contribution in [0, 0.1) is 0 Å². The molecule has 5 nitrogen and oxygen atoms in total. The van der Waals surface area contributed by atoms with Crippen molar-refractivity contribution in [2.45, 2.75) is 12.5 Å². The van der Waals surface area contributed by atoms with Crippen molar-refractivity contribution in [1.29, 1.82) is 0 Å². The van der Waals surface area contributed by atoms with E-state index >= 15 is 0 Å². The Morgan fingerprint density at radius 2 is 2.29 bits per heavy atom. The van der Waals surface area contributed by atoms with Crippen LogP contribution < -0.4 is 5.73 Å². The summed E-state index contributed by atoms with van der Waals surface area (Å²) in [6, 6.07) is 6.79. The molecule has 0 saturated carbocycles. The lowest BCUT2D eigenvalue weighted by molar-refractivity contribution is 0.236. The summed E-state index contributed by atoms with van der Waals surface area (Å²) < 4.78 is 4.94. The Kier molecular flexibility index (Phi) is 3.73. The molecule has 2 aromatic rings. The zero-order valence-corrected chi connectivity index (χ0v) is 9.76. The van der Waals surface area contributed by atoms with Gasteiger partial charge in [-0.3, -0.25) is 0 Å². The summed E-state index contributed by atoms with van der Waals surface area (Å²) >= 11 is 5.87. The van der Waals surface area contributed by atoms with E-state index in [2.05, 4.69) is 10.1 Å². The van der Waals surface area contributed by atoms with Crippen LogP contribution in [0.1, 0.15) is 23.3 Å². The highest BCUT2D eigenvalue weighted by molar-refractivity contribution is 6.30. The molecule has 3 N–H and O–H groups in total. The molecule has 0 unspecified atom stereocenters. The molecular weight excluding hydrogens is 242 g/mol. The summed E-state index contributed by atoms with van der Waals surface area (Å²) in [5.74, 6) is 0.760. The monoisotopic (exact) mass is 253 g/mol. The molecule has 0 spiro atoms. The number of aromatic nitrogens is 2. The van der Waals surface area contributed by atoms with E-state index in [4.69, 9.17) is 27.0 Å². The number of benzene rings is 1. The summed E-state index contributed by atoms with van der Waals surface area (Å²) in [4.78, 5) is 4.10. The van der Waals surface area contributed by atoms with Crippen LogP contribution in [0.5, 0.6) is 0 Å². The van der Waals surface area contributed by atoms with Crippen molar-refractivity contribution < 1.29 is 9.63 Å². The van der Waals surface area contributed by atoms with Gasteiger partial charge in [0.2, 0.25) is 5.89 Å². The molecule has 6 heteroatoms. The quantitative estimate of drug-likeness (QED) is 0.858. The Morgan fingerprint density at radius 1 is 1.47 bits per heavy atom. The second-order valence-electron chi connectivity index (χ2n) is 3.64. The number of halogens is 1. The molecule has 17 heavy (non-hydrogen) atoms. The van der Waals surface area contributed by atoms with Gasteiger partial charge >= 0.3 is 0 Å². The third-order valence-corrected chi connectivity index (χ3v) is 2.48. The minimum absolute atomic E-state index is 0.223. The van der Waals surface area contributed by atoms with Gasteiger partial charge in [0, 0.05) is 11.4 Å². The van der Waals surface area contributed by atoms with Crippen LogP contribution in [0.3, 0.4) is 0 Å². The maximum absolute atomic E-state index is 8.85. The van der Waals surface area contributed by atoms with Crippen LogP contribution in [0.15, 0.2) is 28.8 Å². The summed E-state index contributed by atoms with van der Waals surface area (Å²) in [6.07, 6.45) is 0.516. The fourth-order valence-corrected chi connectivity index (χ4v) is 1.61. The minimum atomic E-state index is -0.629. The molecule has 0 bridgehead atoms. The van der Waals surface area contributed by atoms with E-state index in [0.29, 0.717) is 17.3 Å². The van der Waals surface area contributed by atoms with Crippen LogP contribution in [-0.2, 0) is 6.42 Å². The molecule has 1 atom stereocenters. The molecule has 2 rings (SSSR count). The number of rotatable bonds is 4. The molecule has 0 amide bonds. The average Bonchev–Trinajstić information content (AvgIpc) is 2.76. The maximum Gasteiger partial charge on any atom is 0.245 e. The summed E-state index contributed by atoms with van der Waals surface area (Å²) in [5, 5.41) is 13.3. The average molecular weight is 254 g/mol. The standard InChI is InChI=1S/C11H12ClN3O2/c12-8-3-1-2-7(4-8)5-10-14-11(17-15-10)9(13)6-16/h1-4,9,16H,5-6,13H2/t9-/m1/s1. The summed E-state index contributed by atoms with van der Waals surface area (Å²) in [7, 11) is 0. The first-order chi connectivity index (χ1) is 8.19. The highest BCUT2D eigenvalue weighted by Gasteiger charge is 2.13. The maximum atomic E-state index is 8.85. The summed E-state index contributed by atoms with van der Waals surface area (Å²) in [6.45, 7) is -0.223. The fraction of sp³-hybridized carbons (Fsp3) is 0.273. The van der Waals surface area contributed by atoms with Gasteiger partial charge in [-0.05, 0) is 17.7 Å². The van der Waals surface area contributed by atoms with Gasteiger partial charge in [-0.2, -0.15) is 4.98 Å². The molecular formula is C11H12ClN3O2. The Labute approximate surface area is 103 Å². The normalized spacial score (nSPS) is 12.6. The van der Waals surface area contributed by atoms with Gasteiger partial charge < -0.3 is 15.4 Å². The lowest BCUT2D eigenvalue weighted by Crippen LogP contribution is -2.14. The van der Waals surface area contributed by atoms with E-state index in [1.165, 1.54) is 0 Å². The van der Waals surface area contributed by atoms with Crippen LogP contribution >= 0.6 is 11.6 Å². The predicted octanol–water partition coefficient (Wildman–Crippen LogP) is 1.31. The molecule has 90 valence electrons. The first kappa shape index (κ1) is 12.0. The highest BCUT2D eigenvalue weighted by Crippen LogP contribution is 2.14. The molecule has 1 heterocycles. The van der Waals surface area contributed by atoms with E-state index < -0.39 is 6.04 Å². The van der Waals surface area contributed by atoms with Gasteiger partial charge in [0.25, 0.3) is 0 Å². The third kappa shape index (κ3) is 3.03. The Bertz CT molecular complexity index is 501. The zero-order valence-electron chi connectivity index (χ0n) is 9.01. The van der Waals surface area contributed by atoms with E-state index in [1.807, 2.05) is 18.2 Å². The number of aliphatic hydroxyl groups excluding tert-OH is 1. The molecule has 0 radical (unpaired) electrons. The SMILES string of the molecule is N[C@H](CO)c1nc(Cc2cccc(Cl)c2)no1. The molecule has 0 saturated heterocycles. The van der Waals surface area contributed by atoms with Gasteiger partial charge in [0.1, 0.15) is 6.04 Å². The largest absolute Gasteiger partial charge is 0.394 e. The zero-order chi connectivity index (χ0) is 12.3. The second kappa shape index (κ2) is 5.27. The summed E-state index contributed by atoms with van der Waals surface area (Å²) in [5.41, 5.74) is 6.55. The van der Waals surface area contributed by atoms with Crippen LogP contribution in [0.2, 0.25) is 5.02 Å². The number of nitrogens with zero attached hydrogens (tertiary/aromatic N) is 2. The molecule has 0 aliphatic heterocycles. The first-order valence-electron chi connectivity index (χ1n) is 5.12. The third-order valence-electron chi connectivity index (χ3n) is 2.25. The number of nitrogens with two attached hydrogens (primary N) is 1. The van der Waals surface area contributed by atoms with Gasteiger partial charge in [-0.25, -0.2) is 0 Å². The topological polar surface area (TPSA) is 85.2 Å². The van der Waals surface area contributed by atoms with Gasteiger partial charge in [-0.1, -0.05) is 28.9 Å². The fourth-order valence-electron chi connectivity index (χ4n) is 1.40. The lowest BCUT2D eigenvalue weighted by atomic mass is 10.1. The van der Waals surface area contributed by atoms with Crippen molar-refractivity contribution in [3.63, 3.8) is 0 Å². The molecule has 1 aromatic carbocycles. The number of hydrogen-bond donors (Lipinski definition) is 2. The highest BCUT2D eigenvalue weighted by atomic mass is 35.5. The molecule has 0 aliphatic carbocycles. The number of aliphatic hydroxyl groups is 1. The van der Waals surface area contributed by atoms with E-state index in [1.54, 1.807) is 6.07 Å². The van der Waals surface area contributed by atoms with Crippen LogP contribution in [0.25, 0.3) is 0 Å². The van der Waals surface area contributed by atoms with Crippen molar-refractivity contribution in [3.8, 4) is 0 Å². The second-order valence-corrected chi connectivity index (χ2v) is 4.08.